The first-order valence-corrected chi connectivity index (χ1v) is 8.75. The number of amides is 2. The van der Waals surface area contributed by atoms with E-state index in [1.165, 1.54) is 4.90 Å². The Morgan fingerprint density at radius 1 is 1.14 bits per heavy atom. The van der Waals surface area contributed by atoms with Crippen molar-refractivity contribution in [2.45, 2.75) is 12.8 Å². The monoisotopic (exact) mass is 380 g/mol. The summed E-state index contributed by atoms with van der Waals surface area (Å²) in [4.78, 5) is 37.1. The largest absolute Gasteiger partial charge is 0.481 e. The molecule has 0 aliphatic carbocycles. The summed E-state index contributed by atoms with van der Waals surface area (Å²) in [5, 5.41) is 19.0. The molecule has 0 saturated carbocycles. The van der Waals surface area contributed by atoms with Gasteiger partial charge in [0.05, 0.1) is 6.42 Å². The topological polar surface area (TPSA) is 137 Å². The Hall–Kier alpha value is -3.68. The standard InChI is InChI=1S/C20H20N4O4/c21-18(22)12-1-3-13(4-2-12)19(27)23-15-5-6-16-14(11-15)7-9-24(20(16)28)10-8-17(25)26/h1-6,11H,7-10H2,(H3,21,22)(H,23,27)(H,25,26). The van der Waals surface area contributed by atoms with Crippen LogP contribution in [0.2, 0.25) is 0 Å². The number of rotatable bonds is 6. The van der Waals surface area contributed by atoms with Crippen molar-refractivity contribution in [3.63, 3.8) is 0 Å². The van der Waals surface area contributed by atoms with Crippen LogP contribution < -0.4 is 11.1 Å². The number of nitrogens with one attached hydrogen (secondary N) is 2. The highest BCUT2D eigenvalue weighted by molar-refractivity contribution is 6.05. The minimum Gasteiger partial charge on any atom is -0.481 e. The van der Waals surface area contributed by atoms with Crippen molar-refractivity contribution in [2.75, 3.05) is 18.4 Å². The maximum absolute atomic E-state index is 12.5. The fraction of sp³-hybridized carbons (Fsp3) is 0.200. The predicted molar refractivity (Wildman–Crippen MR) is 104 cm³/mol. The average Bonchev–Trinajstić information content (AvgIpc) is 2.67. The lowest BCUT2D eigenvalue weighted by Gasteiger charge is -2.28. The molecule has 1 aliphatic rings. The quantitative estimate of drug-likeness (QED) is 0.446. The van der Waals surface area contributed by atoms with E-state index in [0.717, 1.165) is 5.56 Å². The van der Waals surface area contributed by atoms with Gasteiger partial charge in [0.1, 0.15) is 5.84 Å². The lowest BCUT2D eigenvalue weighted by Crippen LogP contribution is -2.38. The van der Waals surface area contributed by atoms with Gasteiger partial charge in [0, 0.05) is 35.5 Å². The summed E-state index contributed by atoms with van der Waals surface area (Å²) in [5.74, 6) is -1.50. The number of nitrogens with two attached hydrogens (primary N) is 1. The van der Waals surface area contributed by atoms with Crippen LogP contribution >= 0.6 is 0 Å². The van der Waals surface area contributed by atoms with E-state index in [2.05, 4.69) is 5.32 Å². The molecular formula is C20H20N4O4. The highest BCUT2D eigenvalue weighted by atomic mass is 16.4. The molecule has 1 aliphatic heterocycles. The minimum atomic E-state index is -0.937. The summed E-state index contributed by atoms with van der Waals surface area (Å²) in [6.07, 6.45) is 0.509. The van der Waals surface area contributed by atoms with Crippen LogP contribution in [0, 0.1) is 5.41 Å². The number of aliphatic carboxylic acids is 1. The molecule has 0 unspecified atom stereocenters. The Labute approximate surface area is 161 Å². The van der Waals surface area contributed by atoms with Gasteiger partial charge in [0.25, 0.3) is 11.8 Å². The molecule has 8 heteroatoms. The first-order valence-electron chi connectivity index (χ1n) is 8.75. The van der Waals surface area contributed by atoms with Crippen LogP contribution in [-0.4, -0.2) is 46.7 Å². The minimum absolute atomic E-state index is 0.0660. The van der Waals surface area contributed by atoms with Gasteiger partial charge in [-0.1, -0.05) is 12.1 Å². The fourth-order valence-electron chi connectivity index (χ4n) is 3.06. The van der Waals surface area contributed by atoms with Crippen LogP contribution in [0.3, 0.4) is 0 Å². The van der Waals surface area contributed by atoms with E-state index in [1.54, 1.807) is 42.5 Å². The number of hydrogen-bond acceptors (Lipinski definition) is 4. The van der Waals surface area contributed by atoms with Gasteiger partial charge in [0.2, 0.25) is 0 Å². The molecule has 0 spiro atoms. The molecule has 28 heavy (non-hydrogen) atoms. The van der Waals surface area contributed by atoms with E-state index >= 15 is 0 Å². The zero-order chi connectivity index (χ0) is 20.3. The number of amidine groups is 1. The molecule has 2 aromatic carbocycles. The maximum atomic E-state index is 12.5. The lowest BCUT2D eigenvalue weighted by atomic mass is 9.98. The Bertz CT molecular complexity index is 953. The maximum Gasteiger partial charge on any atom is 0.305 e. The molecule has 5 N–H and O–H groups in total. The van der Waals surface area contributed by atoms with Crippen molar-refractivity contribution in [3.05, 3.63) is 64.7 Å². The van der Waals surface area contributed by atoms with Crippen LogP contribution in [0.15, 0.2) is 42.5 Å². The van der Waals surface area contributed by atoms with Gasteiger partial charge in [-0.05, 0) is 42.3 Å². The average molecular weight is 380 g/mol. The molecule has 3 rings (SSSR count). The van der Waals surface area contributed by atoms with Gasteiger partial charge < -0.3 is 21.1 Å². The summed E-state index contributed by atoms with van der Waals surface area (Å²) >= 11 is 0. The van der Waals surface area contributed by atoms with Crippen LogP contribution in [0.25, 0.3) is 0 Å². The highest BCUT2D eigenvalue weighted by Gasteiger charge is 2.24. The summed E-state index contributed by atoms with van der Waals surface area (Å²) < 4.78 is 0. The van der Waals surface area contributed by atoms with Gasteiger partial charge in [0.15, 0.2) is 0 Å². The van der Waals surface area contributed by atoms with Crippen molar-refractivity contribution in [1.29, 1.82) is 5.41 Å². The van der Waals surface area contributed by atoms with Crippen LogP contribution in [-0.2, 0) is 11.2 Å². The second-order valence-electron chi connectivity index (χ2n) is 6.50. The fourth-order valence-corrected chi connectivity index (χ4v) is 3.06. The first kappa shape index (κ1) is 19.1. The lowest BCUT2D eigenvalue weighted by molar-refractivity contribution is -0.137. The van der Waals surface area contributed by atoms with Crippen molar-refractivity contribution < 1.29 is 19.5 Å². The molecule has 1 heterocycles. The number of nitrogens with zero attached hydrogens (tertiary/aromatic N) is 1. The summed E-state index contributed by atoms with van der Waals surface area (Å²) in [5.41, 5.74) is 8.30. The molecule has 0 bridgehead atoms. The number of carbonyl (C=O) groups is 3. The van der Waals surface area contributed by atoms with E-state index < -0.39 is 5.97 Å². The Kier molecular flexibility index (Phi) is 5.39. The number of hydrogen-bond donors (Lipinski definition) is 4. The number of anilines is 1. The number of benzene rings is 2. The molecule has 2 amide bonds. The normalized spacial score (nSPS) is 13.0. The zero-order valence-corrected chi connectivity index (χ0v) is 15.1. The molecule has 8 nitrogen and oxygen atoms in total. The summed E-state index contributed by atoms with van der Waals surface area (Å²) in [7, 11) is 0. The van der Waals surface area contributed by atoms with Gasteiger partial charge >= 0.3 is 5.97 Å². The molecule has 0 atom stereocenters. The predicted octanol–water partition coefficient (Wildman–Crippen LogP) is 1.70. The Morgan fingerprint density at radius 2 is 1.82 bits per heavy atom. The van der Waals surface area contributed by atoms with E-state index in [1.807, 2.05) is 0 Å². The van der Waals surface area contributed by atoms with Gasteiger partial charge in [-0.3, -0.25) is 19.8 Å². The van der Waals surface area contributed by atoms with Crippen LogP contribution in [0.5, 0.6) is 0 Å². The number of carboxylic acid groups (broad SMARTS) is 1. The van der Waals surface area contributed by atoms with Gasteiger partial charge in [-0.2, -0.15) is 0 Å². The molecular weight excluding hydrogens is 360 g/mol. The van der Waals surface area contributed by atoms with E-state index in [4.69, 9.17) is 16.2 Å². The summed E-state index contributed by atoms with van der Waals surface area (Å²) in [6, 6.07) is 11.5. The second kappa shape index (κ2) is 7.91. The zero-order valence-electron chi connectivity index (χ0n) is 15.1. The van der Waals surface area contributed by atoms with E-state index in [9.17, 15) is 14.4 Å². The van der Waals surface area contributed by atoms with Crippen LogP contribution in [0.4, 0.5) is 5.69 Å². The third kappa shape index (κ3) is 4.17. The van der Waals surface area contributed by atoms with Gasteiger partial charge in [-0.15, -0.1) is 0 Å². The molecule has 0 fully saturated rings. The van der Waals surface area contributed by atoms with Crippen molar-refractivity contribution >= 4 is 29.3 Å². The summed E-state index contributed by atoms with van der Waals surface area (Å²) in [6.45, 7) is 0.630. The van der Waals surface area contributed by atoms with Crippen molar-refractivity contribution in [3.8, 4) is 0 Å². The molecule has 0 aromatic heterocycles. The third-order valence-corrected chi connectivity index (χ3v) is 4.59. The number of carboxylic acids is 1. The number of carbonyl (C=O) groups excluding carboxylic acids is 2. The highest BCUT2D eigenvalue weighted by Crippen LogP contribution is 2.23. The Balaban J connectivity index is 1.70. The SMILES string of the molecule is N=C(N)c1ccc(C(=O)Nc2ccc3c(c2)CCN(CCC(=O)O)C3=O)cc1. The molecule has 2 aromatic rings. The molecule has 0 saturated heterocycles. The third-order valence-electron chi connectivity index (χ3n) is 4.59. The van der Waals surface area contributed by atoms with Gasteiger partial charge in [-0.25, -0.2) is 0 Å². The Morgan fingerprint density at radius 3 is 2.46 bits per heavy atom. The second-order valence-corrected chi connectivity index (χ2v) is 6.50. The number of nitrogen functional groups attached to an aromatic ring is 1. The van der Waals surface area contributed by atoms with E-state index in [-0.39, 0.29) is 30.6 Å². The number of fused-ring (bicyclic) bond motifs is 1. The van der Waals surface area contributed by atoms with Crippen molar-refractivity contribution in [1.82, 2.24) is 4.90 Å². The van der Waals surface area contributed by atoms with Crippen LogP contribution in [0.1, 0.15) is 38.3 Å². The van der Waals surface area contributed by atoms with E-state index in [0.29, 0.717) is 35.3 Å². The first-order chi connectivity index (χ1) is 13.3. The molecule has 0 radical (unpaired) electrons. The molecule has 144 valence electrons. The van der Waals surface area contributed by atoms with Crippen molar-refractivity contribution in [2.24, 2.45) is 5.73 Å². The smallest absolute Gasteiger partial charge is 0.305 e.